The van der Waals surface area contributed by atoms with Crippen molar-refractivity contribution in [1.82, 2.24) is 9.78 Å². The lowest BCUT2D eigenvalue weighted by molar-refractivity contribution is -0.137. The van der Waals surface area contributed by atoms with Gasteiger partial charge in [-0.2, -0.15) is 18.3 Å². The van der Waals surface area contributed by atoms with E-state index in [4.69, 9.17) is 10.5 Å². The molecule has 11 heteroatoms. The van der Waals surface area contributed by atoms with E-state index in [0.717, 1.165) is 12.3 Å². The fourth-order valence-electron chi connectivity index (χ4n) is 2.47. The Morgan fingerprint density at radius 3 is 2.76 bits per heavy atom. The van der Waals surface area contributed by atoms with Crippen molar-refractivity contribution in [2.75, 3.05) is 11.3 Å². The molecular formula is C14H15F3N4O3S. The summed E-state index contributed by atoms with van der Waals surface area (Å²) in [5.74, 6) is 0.0739. The molecule has 0 spiro atoms. The summed E-state index contributed by atoms with van der Waals surface area (Å²) < 4.78 is 72.8. The molecule has 0 aliphatic carbocycles. The van der Waals surface area contributed by atoms with Crippen LogP contribution in [0.25, 0.3) is 0 Å². The van der Waals surface area contributed by atoms with Crippen molar-refractivity contribution < 1.29 is 26.3 Å². The number of alkyl halides is 3. The Bertz CT molecular complexity index is 893. The normalized spacial score (nSPS) is 14.7. The fourth-order valence-corrected chi connectivity index (χ4v) is 3.59. The maximum atomic E-state index is 13.0. The van der Waals surface area contributed by atoms with Crippen molar-refractivity contribution in [3.63, 3.8) is 0 Å². The monoisotopic (exact) mass is 376 g/mol. The smallest absolute Gasteiger partial charge is 0.416 e. The average molecular weight is 376 g/mol. The van der Waals surface area contributed by atoms with Gasteiger partial charge in [-0.05, 0) is 23.8 Å². The molecule has 1 aliphatic heterocycles. The zero-order valence-electron chi connectivity index (χ0n) is 12.9. The lowest BCUT2D eigenvalue weighted by atomic mass is 10.1. The van der Waals surface area contributed by atoms with Crippen LogP contribution in [0.3, 0.4) is 0 Å². The number of sulfonamides is 1. The molecule has 3 rings (SSSR count). The molecule has 3 N–H and O–H groups in total. The van der Waals surface area contributed by atoms with Gasteiger partial charge in [0, 0.05) is 25.2 Å². The number of ether oxygens (including phenoxy) is 1. The van der Waals surface area contributed by atoms with Crippen LogP contribution < -0.4 is 15.2 Å². The number of benzene rings is 1. The van der Waals surface area contributed by atoms with Gasteiger partial charge in [-0.15, -0.1) is 0 Å². The molecule has 2 aromatic rings. The molecule has 0 saturated carbocycles. The highest BCUT2D eigenvalue weighted by Crippen LogP contribution is 2.33. The summed E-state index contributed by atoms with van der Waals surface area (Å²) in [5.41, 5.74) is 4.34. The molecule has 136 valence electrons. The number of rotatable bonds is 4. The lowest BCUT2D eigenvalue weighted by Crippen LogP contribution is -2.19. The first-order valence-corrected chi connectivity index (χ1v) is 8.82. The third kappa shape index (κ3) is 3.56. The second kappa shape index (κ2) is 6.23. The Labute approximate surface area is 141 Å². The molecule has 0 fully saturated rings. The minimum Gasteiger partial charge on any atom is -0.477 e. The van der Waals surface area contributed by atoms with Crippen molar-refractivity contribution in [3.05, 3.63) is 35.5 Å². The van der Waals surface area contributed by atoms with Gasteiger partial charge in [-0.25, -0.2) is 13.1 Å². The van der Waals surface area contributed by atoms with Gasteiger partial charge in [-0.1, -0.05) is 0 Å². The van der Waals surface area contributed by atoms with Gasteiger partial charge in [0.25, 0.3) is 10.0 Å². The molecule has 0 amide bonds. The molecule has 7 nitrogen and oxygen atoms in total. The highest BCUT2D eigenvalue weighted by Gasteiger charge is 2.32. The number of nitrogens with two attached hydrogens (primary N) is 1. The Morgan fingerprint density at radius 2 is 2.08 bits per heavy atom. The van der Waals surface area contributed by atoms with Gasteiger partial charge in [0.15, 0.2) is 4.90 Å². The zero-order valence-corrected chi connectivity index (χ0v) is 13.7. The van der Waals surface area contributed by atoms with E-state index >= 15 is 0 Å². The second-order valence-electron chi connectivity index (χ2n) is 5.47. The van der Waals surface area contributed by atoms with Gasteiger partial charge in [-0.3, -0.25) is 4.72 Å². The molecule has 0 radical (unpaired) electrons. The van der Waals surface area contributed by atoms with Crippen molar-refractivity contribution in [2.45, 2.75) is 30.6 Å². The van der Waals surface area contributed by atoms with E-state index in [1.54, 1.807) is 0 Å². The van der Waals surface area contributed by atoms with Gasteiger partial charge >= 0.3 is 6.18 Å². The van der Waals surface area contributed by atoms with Crippen molar-refractivity contribution in [1.29, 1.82) is 0 Å². The number of anilines is 1. The highest BCUT2D eigenvalue weighted by atomic mass is 32.2. The van der Waals surface area contributed by atoms with Crippen LogP contribution in [0, 0.1) is 0 Å². The Kier molecular flexibility index (Phi) is 4.37. The maximum absolute atomic E-state index is 13.0. The predicted molar refractivity (Wildman–Crippen MR) is 82.5 cm³/mol. The molecular weight excluding hydrogens is 361 g/mol. The average Bonchev–Trinajstić information content (AvgIpc) is 2.98. The number of aryl methyl sites for hydroxylation is 1. The molecule has 0 atom stereocenters. The van der Waals surface area contributed by atoms with Crippen LogP contribution in [0.2, 0.25) is 0 Å². The number of hydrogen-bond donors (Lipinski definition) is 2. The number of halogens is 3. The van der Waals surface area contributed by atoms with E-state index in [9.17, 15) is 21.6 Å². The lowest BCUT2D eigenvalue weighted by Gasteiger charge is -2.17. The SMILES string of the molecule is NCc1cc(NS(=O)(=O)c2cnn3c2OCCC3)cc(C(F)(F)F)c1. The fraction of sp³-hybridized carbons (Fsp3) is 0.357. The summed E-state index contributed by atoms with van der Waals surface area (Å²) in [6, 6.07) is 2.85. The minimum absolute atomic E-state index is 0.0739. The quantitative estimate of drug-likeness (QED) is 0.850. The summed E-state index contributed by atoms with van der Waals surface area (Å²) in [6.07, 6.45) is -2.82. The van der Waals surface area contributed by atoms with Crippen LogP contribution in [0.5, 0.6) is 5.88 Å². The number of hydrogen-bond acceptors (Lipinski definition) is 5. The number of nitrogens with zero attached hydrogens (tertiary/aromatic N) is 2. The number of fused-ring (bicyclic) bond motifs is 1. The van der Waals surface area contributed by atoms with Gasteiger partial charge < -0.3 is 10.5 Å². The van der Waals surface area contributed by atoms with Gasteiger partial charge in [0.05, 0.1) is 18.4 Å². The molecule has 0 unspecified atom stereocenters. The van der Waals surface area contributed by atoms with Crippen LogP contribution in [-0.2, 0) is 29.3 Å². The van der Waals surface area contributed by atoms with Crippen molar-refractivity contribution >= 4 is 15.7 Å². The van der Waals surface area contributed by atoms with E-state index in [1.165, 1.54) is 10.7 Å². The molecule has 2 heterocycles. The molecule has 0 bridgehead atoms. The third-order valence-corrected chi connectivity index (χ3v) is 4.97. The Hall–Kier alpha value is -2.27. The summed E-state index contributed by atoms with van der Waals surface area (Å²) in [7, 11) is -4.17. The van der Waals surface area contributed by atoms with Crippen LogP contribution >= 0.6 is 0 Å². The van der Waals surface area contributed by atoms with E-state index in [2.05, 4.69) is 9.82 Å². The molecule has 25 heavy (non-hydrogen) atoms. The first-order valence-electron chi connectivity index (χ1n) is 7.33. The summed E-state index contributed by atoms with van der Waals surface area (Å²) in [4.78, 5) is -0.223. The summed E-state index contributed by atoms with van der Waals surface area (Å²) in [6.45, 7) is 0.686. The summed E-state index contributed by atoms with van der Waals surface area (Å²) >= 11 is 0. The molecule has 0 saturated heterocycles. The van der Waals surface area contributed by atoms with E-state index in [-0.39, 0.29) is 28.6 Å². The van der Waals surface area contributed by atoms with E-state index < -0.39 is 21.8 Å². The number of aromatic nitrogens is 2. The van der Waals surface area contributed by atoms with E-state index in [1.807, 2.05) is 0 Å². The standard InChI is InChI=1S/C14H15F3N4O3S/c15-14(16,17)10-4-9(7-18)5-11(6-10)20-25(22,23)12-8-19-21-2-1-3-24-13(12)21/h4-6,8,20H,1-3,7,18H2. The van der Waals surface area contributed by atoms with Crippen LogP contribution in [0.4, 0.5) is 18.9 Å². The predicted octanol–water partition coefficient (Wildman–Crippen LogP) is 1.94. The topological polar surface area (TPSA) is 99.2 Å². The second-order valence-corrected chi connectivity index (χ2v) is 7.12. The largest absolute Gasteiger partial charge is 0.477 e. The first-order chi connectivity index (χ1) is 11.7. The first kappa shape index (κ1) is 17.5. The van der Waals surface area contributed by atoms with Crippen LogP contribution in [0.1, 0.15) is 17.5 Å². The van der Waals surface area contributed by atoms with Crippen molar-refractivity contribution in [3.8, 4) is 5.88 Å². The van der Waals surface area contributed by atoms with Crippen LogP contribution in [-0.4, -0.2) is 24.8 Å². The summed E-state index contributed by atoms with van der Waals surface area (Å²) in [5, 5.41) is 3.93. The minimum atomic E-state index is -4.62. The molecule has 1 aromatic heterocycles. The maximum Gasteiger partial charge on any atom is 0.416 e. The number of nitrogens with one attached hydrogen (secondary N) is 1. The molecule has 1 aliphatic rings. The Morgan fingerprint density at radius 1 is 1.32 bits per heavy atom. The zero-order chi connectivity index (χ0) is 18.2. The molecule has 1 aromatic carbocycles. The van der Waals surface area contributed by atoms with E-state index in [0.29, 0.717) is 25.6 Å². The van der Waals surface area contributed by atoms with Crippen molar-refractivity contribution in [2.24, 2.45) is 5.73 Å². The van der Waals surface area contributed by atoms with Gasteiger partial charge in [0.1, 0.15) is 0 Å². The Balaban J connectivity index is 1.97. The highest BCUT2D eigenvalue weighted by molar-refractivity contribution is 7.92. The van der Waals surface area contributed by atoms with Crippen LogP contribution in [0.15, 0.2) is 29.3 Å². The van der Waals surface area contributed by atoms with Gasteiger partial charge in [0.2, 0.25) is 5.88 Å². The third-order valence-electron chi connectivity index (χ3n) is 3.61.